The second-order valence-corrected chi connectivity index (χ2v) is 6.76. The van der Waals surface area contributed by atoms with Gasteiger partial charge in [0.1, 0.15) is 17.5 Å². The van der Waals surface area contributed by atoms with Gasteiger partial charge in [-0.2, -0.15) is 0 Å². The topological polar surface area (TPSA) is 0 Å². The van der Waals surface area contributed by atoms with Crippen LogP contribution < -0.4 is 0 Å². The predicted molar refractivity (Wildman–Crippen MR) is 114 cm³/mol. The van der Waals surface area contributed by atoms with Crippen LogP contribution in [0.15, 0.2) is 54.6 Å². The van der Waals surface area contributed by atoms with E-state index in [0.29, 0.717) is 11.1 Å². The molecule has 0 unspecified atom stereocenters. The summed E-state index contributed by atoms with van der Waals surface area (Å²) in [5.74, 6) is -1.06. The van der Waals surface area contributed by atoms with Crippen molar-refractivity contribution in [1.29, 1.82) is 0 Å². The van der Waals surface area contributed by atoms with E-state index in [2.05, 4.69) is 38.1 Å². The summed E-state index contributed by atoms with van der Waals surface area (Å²) >= 11 is 0. The first kappa shape index (κ1) is 25.4. The Labute approximate surface area is 168 Å². The summed E-state index contributed by atoms with van der Waals surface area (Å²) in [6.07, 6.45) is 0. The fourth-order valence-corrected chi connectivity index (χ4v) is 2.11. The van der Waals surface area contributed by atoms with E-state index >= 15 is 0 Å². The molecule has 0 saturated heterocycles. The molecule has 0 aliphatic carbocycles. The molecule has 0 aromatic heterocycles. The molecule has 0 bridgehead atoms. The summed E-state index contributed by atoms with van der Waals surface area (Å²) in [6, 6.07) is 16.3. The van der Waals surface area contributed by atoms with Crippen molar-refractivity contribution in [3.8, 4) is 0 Å². The number of benzene rings is 3. The lowest BCUT2D eigenvalue weighted by atomic mass is 10.1. The van der Waals surface area contributed by atoms with E-state index in [9.17, 15) is 13.2 Å². The molecule has 0 saturated carbocycles. The zero-order valence-corrected chi connectivity index (χ0v) is 16.8. The molecule has 28 heavy (non-hydrogen) atoms. The van der Waals surface area contributed by atoms with Crippen molar-refractivity contribution in [2.75, 3.05) is 0 Å². The van der Waals surface area contributed by atoms with E-state index in [4.69, 9.17) is 0 Å². The van der Waals surface area contributed by atoms with Gasteiger partial charge < -0.3 is 0 Å². The van der Waals surface area contributed by atoms with Gasteiger partial charge in [-0.15, -0.1) is 0 Å². The van der Waals surface area contributed by atoms with Crippen molar-refractivity contribution in [3.63, 3.8) is 0 Å². The van der Waals surface area contributed by atoms with Crippen LogP contribution in [0.25, 0.3) is 0 Å². The molecule has 0 spiro atoms. The van der Waals surface area contributed by atoms with Gasteiger partial charge >= 0.3 is 0 Å². The van der Waals surface area contributed by atoms with Crippen LogP contribution in [-0.2, 0) is 0 Å². The molecule has 0 atom stereocenters. The molecule has 0 N–H and O–H groups in total. The van der Waals surface area contributed by atoms with Crippen molar-refractivity contribution < 1.29 is 13.2 Å². The third-order valence-corrected chi connectivity index (χ3v) is 3.97. The molecule has 0 fully saturated rings. The van der Waals surface area contributed by atoms with Crippen LogP contribution in [-0.4, -0.2) is 0 Å². The van der Waals surface area contributed by atoms with Gasteiger partial charge in [0.15, 0.2) is 0 Å². The summed E-state index contributed by atoms with van der Waals surface area (Å²) < 4.78 is 37.8. The SMILES string of the molecule is C.Cc1cc(F)c(C)c(F)c1.Cc1ccc(C)c(F)c1.Cc1ccc(C)cc1. The number of rotatable bonds is 0. The molecular weight excluding hydrogens is 357 g/mol. The molecule has 3 aromatic carbocycles. The highest BCUT2D eigenvalue weighted by atomic mass is 19.1. The van der Waals surface area contributed by atoms with E-state index in [1.54, 1.807) is 19.9 Å². The maximum absolute atomic E-state index is 12.6. The lowest BCUT2D eigenvalue weighted by Gasteiger charge is -1.98. The van der Waals surface area contributed by atoms with E-state index in [1.165, 1.54) is 36.2 Å². The minimum atomic E-state index is -0.475. The molecule has 3 aromatic rings. The second kappa shape index (κ2) is 12.0. The van der Waals surface area contributed by atoms with Crippen molar-refractivity contribution in [3.05, 3.63) is 105 Å². The third-order valence-electron chi connectivity index (χ3n) is 3.97. The van der Waals surface area contributed by atoms with Gasteiger partial charge in [0, 0.05) is 5.56 Å². The number of halogens is 3. The first-order valence-electron chi connectivity index (χ1n) is 8.78. The zero-order valence-electron chi connectivity index (χ0n) is 16.8. The Bertz CT molecular complexity index is 821. The van der Waals surface area contributed by atoms with Crippen LogP contribution in [0.4, 0.5) is 13.2 Å². The average Bonchev–Trinajstić information content (AvgIpc) is 2.60. The van der Waals surface area contributed by atoms with Gasteiger partial charge in [-0.05, 0) is 76.4 Å². The smallest absolute Gasteiger partial charge is 0.129 e. The van der Waals surface area contributed by atoms with Crippen molar-refractivity contribution in [2.24, 2.45) is 0 Å². The molecule has 0 aliphatic rings. The zero-order chi connectivity index (χ0) is 20.6. The predicted octanol–water partition coefficient (Wildman–Crippen LogP) is 7.96. The maximum atomic E-state index is 12.6. The standard InChI is InChI=1S/C8H8F2.C8H9F.C8H10.CH4/c1-5-3-7(9)6(2)8(10)4-5;1-6-3-4-7(2)8(9)5-6;1-7-3-5-8(2)6-4-7;/h3-4H,1-2H3;3-5H,1-2H3;3-6H,1-2H3;1H4. The number of hydrogen-bond acceptors (Lipinski definition) is 0. The third kappa shape index (κ3) is 8.90. The quantitative estimate of drug-likeness (QED) is 0.366. The normalized spacial score (nSPS) is 9.32. The van der Waals surface area contributed by atoms with Crippen LogP contribution in [0.3, 0.4) is 0 Å². The fourth-order valence-electron chi connectivity index (χ4n) is 2.11. The second-order valence-electron chi connectivity index (χ2n) is 6.76. The van der Waals surface area contributed by atoms with Crippen molar-refractivity contribution in [1.82, 2.24) is 0 Å². The van der Waals surface area contributed by atoms with Gasteiger partial charge in [-0.1, -0.05) is 55.0 Å². The first-order valence-corrected chi connectivity index (χ1v) is 8.78. The molecule has 3 heteroatoms. The van der Waals surface area contributed by atoms with Crippen LogP contribution >= 0.6 is 0 Å². The summed E-state index contributed by atoms with van der Waals surface area (Å²) in [5, 5.41) is 0. The average molecular weight is 389 g/mol. The summed E-state index contributed by atoms with van der Waals surface area (Å²) in [4.78, 5) is 0. The Balaban J connectivity index is 0.000000386. The Morgan fingerprint density at radius 1 is 0.464 bits per heavy atom. The molecule has 0 nitrogen and oxygen atoms in total. The molecule has 152 valence electrons. The van der Waals surface area contributed by atoms with Gasteiger partial charge in [0.05, 0.1) is 0 Å². The molecule has 0 aliphatic heterocycles. The first-order chi connectivity index (χ1) is 12.6. The van der Waals surface area contributed by atoms with Crippen LogP contribution in [0.2, 0.25) is 0 Å². The molecular formula is C25H31F3. The summed E-state index contributed by atoms with van der Waals surface area (Å²) in [6.45, 7) is 10.9. The van der Waals surface area contributed by atoms with Gasteiger partial charge in [0.2, 0.25) is 0 Å². The van der Waals surface area contributed by atoms with Gasteiger partial charge in [-0.25, -0.2) is 13.2 Å². The monoisotopic (exact) mass is 388 g/mol. The van der Waals surface area contributed by atoms with Gasteiger partial charge in [0.25, 0.3) is 0 Å². The summed E-state index contributed by atoms with van der Waals surface area (Å²) in [7, 11) is 0. The highest BCUT2D eigenvalue weighted by Crippen LogP contribution is 2.12. The highest BCUT2D eigenvalue weighted by molar-refractivity contribution is 5.24. The van der Waals surface area contributed by atoms with Crippen molar-refractivity contribution >= 4 is 0 Å². The van der Waals surface area contributed by atoms with Crippen LogP contribution in [0.1, 0.15) is 40.8 Å². The van der Waals surface area contributed by atoms with Gasteiger partial charge in [-0.3, -0.25) is 0 Å². The van der Waals surface area contributed by atoms with Crippen LogP contribution in [0, 0.1) is 59.0 Å². The molecule has 3 rings (SSSR count). The van der Waals surface area contributed by atoms with Crippen molar-refractivity contribution in [2.45, 2.75) is 49.0 Å². The molecule has 0 amide bonds. The Morgan fingerprint density at radius 2 is 0.821 bits per heavy atom. The highest BCUT2D eigenvalue weighted by Gasteiger charge is 2.02. The van der Waals surface area contributed by atoms with Crippen LogP contribution in [0.5, 0.6) is 0 Å². The lowest BCUT2D eigenvalue weighted by Crippen LogP contribution is -1.88. The maximum Gasteiger partial charge on any atom is 0.129 e. The Morgan fingerprint density at radius 3 is 1.18 bits per heavy atom. The van der Waals surface area contributed by atoms with E-state index < -0.39 is 11.6 Å². The largest absolute Gasteiger partial charge is 0.207 e. The van der Waals surface area contributed by atoms with E-state index in [0.717, 1.165) is 5.56 Å². The fraction of sp³-hybridized carbons (Fsp3) is 0.280. The minimum absolute atomic E-state index is 0. The Hall–Kier alpha value is -2.55. The van der Waals surface area contributed by atoms with E-state index in [-0.39, 0.29) is 18.8 Å². The lowest BCUT2D eigenvalue weighted by molar-refractivity contribution is 0.566. The number of aryl methyl sites for hydroxylation is 5. The number of hydrogen-bond donors (Lipinski definition) is 0. The minimum Gasteiger partial charge on any atom is -0.207 e. The summed E-state index contributed by atoms with van der Waals surface area (Å²) in [5.41, 5.74) is 5.04. The van der Waals surface area contributed by atoms with E-state index in [1.807, 2.05) is 13.0 Å². The molecule has 0 heterocycles. The Kier molecular flexibility index (Phi) is 10.9. The molecule has 0 radical (unpaired) electrons.